The monoisotopic (exact) mass is 607 g/mol. The van der Waals surface area contributed by atoms with E-state index in [0.29, 0.717) is 38.4 Å². The predicted molar refractivity (Wildman–Crippen MR) is 152 cm³/mol. The number of halogens is 2. The number of amides is 2. The van der Waals surface area contributed by atoms with Crippen molar-refractivity contribution in [1.29, 1.82) is 0 Å². The molecule has 13 heteroatoms. The van der Waals surface area contributed by atoms with Crippen LogP contribution in [0.5, 0.6) is 0 Å². The number of anilines is 1. The maximum absolute atomic E-state index is 13.7. The number of furan rings is 1. The standard InChI is InChI=1S/C26H23Cl2N3O6S2/c1-26(2)23(25(33)30-34)31(9-10-38-26)39(35,36)16-5-8-21-19(13-16)17-7-4-15(12-22(17)37-21)29-24(32)18-6-3-14(27)11-20(18)28/h3-8,11-13,23,34H,9-10H2,1-2H3,(H,29,32)(H,30,33)/t23-/m0/s1. The third-order valence-corrected chi connectivity index (χ3v) is 10.3. The summed E-state index contributed by atoms with van der Waals surface area (Å²) >= 11 is 13.5. The Morgan fingerprint density at radius 3 is 2.54 bits per heavy atom. The van der Waals surface area contributed by atoms with E-state index in [2.05, 4.69) is 5.32 Å². The highest BCUT2D eigenvalue weighted by atomic mass is 35.5. The van der Waals surface area contributed by atoms with Crippen molar-refractivity contribution in [3.05, 3.63) is 70.2 Å². The quantitative estimate of drug-likeness (QED) is 0.201. The number of benzene rings is 3. The first-order valence-electron chi connectivity index (χ1n) is 11.7. The predicted octanol–water partition coefficient (Wildman–Crippen LogP) is 5.54. The second-order valence-corrected chi connectivity index (χ2v) is 14.0. The molecule has 1 aliphatic rings. The molecule has 5 rings (SSSR count). The van der Waals surface area contributed by atoms with E-state index in [-0.39, 0.29) is 22.0 Å². The lowest BCUT2D eigenvalue weighted by Gasteiger charge is -2.43. The molecule has 2 amide bonds. The second-order valence-electron chi connectivity index (χ2n) is 9.50. The molecule has 0 spiro atoms. The van der Waals surface area contributed by atoms with E-state index in [9.17, 15) is 23.2 Å². The van der Waals surface area contributed by atoms with Crippen LogP contribution in [0.3, 0.4) is 0 Å². The topological polar surface area (TPSA) is 129 Å². The van der Waals surface area contributed by atoms with Gasteiger partial charge in [-0.3, -0.25) is 14.8 Å². The van der Waals surface area contributed by atoms with E-state index in [0.717, 1.165) is 4.31 Å². The highest BCUT2D eigenvalue weighted by molar-refractivity contribution is 8.01. The molecule has 3 aromatic carbocycles. The molecule has 1 aliphatic heterocycles. The Kier molecular flexibility index (Phi) is 7.34. The smallest absolute Gasteiger partial charge is 0.263 e. The largest absolute Gasteiger partial charge is 0.456 e. The molecule has 204 valence electrons. The van der Waals surface area contributed by atoms with Crippen molar-refractivity contribution in [1.82, 2.24) is 9.79 Å². The van der Waals surface area contributed by atoms with Crippen LogP contribution in [0.25, 0.3) is 21.9 Å². The average Bonchev–Trinajstić information content (AvgIpc) is 3.24. The van der Waals surface area contributed by atoms with Crippen molar-refractivity contribution in [3.8, 4) is 0 Å². The number of nitrogens with one attached hydrogen (secondary N) is 2. The molecule has 0 saturated carbocycles. The van der Waals surface area contributed by atoms with Crippen molar-refractivity contribution in [3.63, 3.8) is 0 Å². The minimum Gasteiger partial charge on any atom is -0.456 e. The normalized spacial score (nSPS) is 17.8. The maximum atomic E-state index is 13.7. The fourth-order valence-corrected chi connectivity index (χ4v) is 8.35. The van der Waals surface area contributed by atoms with Gasteiger partial charge < -0.3 is 9.73 Å². The summed E-state index contributed by atoms with van der Waals surface area (Å²) in [5.41, 5.74) is 3.21. The van der Waals surface area contributed by atoms with Gasteiger partial charge >= 0.3 is 0 Å². The average molecular weight is 609 g/mol. The van der Waals surface area contributed by atoms with Gasteiger partial charge in [0.2, 0.25) is 10.0 Å². The number of rotatable bonds is 5. The lowest BCUT2D eigenvalue weighted by atomic mass is 10.0. The number of hydroxylamine groups is 1. The first kappa shape index (κ1) is 27.8. The van der Waals surface area contributed by atoms with Gasteiger partial charge in [-0.2, -0.15) is 16.1 Å². The molecule has 1 saturated heterocycles. The molecule has 39 heavy (non-hydrogen) atoms. The zero-order chi connectivity index (χ0) is 28.1. The Balaban J connectivity index is 1.49. The zero-order valence-corrected chi connectivity index (χ0v) is 23.8. The number of nitrogens with zero attached hydrogens (tertiary/aromatic N) is 1. The summed E-state index contributed by atoms with van der Waals surface area (Å²) in [4.78, 5) is 25.2. The summed E-state index contributed by atoms with van der Waals surface area (Å²) in [5.74, 6) is -0.724. The zero-order valence-electron chi connectivity index (χ0n) is 20.7. The minimum absolute atomic E-state index is 0.00843. The lowest BCUT2D eigenvalue weighted by Crippen LogP contribution is -2.61. The van der Waals surface area contributed by atoms with Crippen LogP contribution in [0.1, 0.15) is 24.2 Å². The maximum Gasteiger partial charge on any atom is 0.263 e. The summed E-state index contributed by atoms with van der Waals surface area (Å²) in [6.45, 7) is 3.64. The van der Waals surface area contributed by atoms with Crippen molar-refractivity contribution < 1.29 is 27.6 Å². The van der Waals surface area contributed by atoms with Gasteiger partial charge in [-0.1, -0.05) is 23.2 Å². The molecular formula is C26H23Cl2N3O6S2. The van der Waals surface area contributed by atoms with E-state index >= 15 is 0 Å². The first-order chi connectivity index (χ1) is 18.4. The first-order valence-corrected chi connectivity index (χ1v) is 14.9. The molecule has 4 aromatic rings. The highest BCUT2D eigenvalue weighted by Gasteiger charge is 2.48. The van der Waals surface area contributed by atoms with Crippen LogP contribution >= 0.6 is 35.0 Å². The molecule has 0 unspecified atom stereocenters. The fraction of sp³-hybridized carbons (Fsp3) is 0.231. The van der Waals surface area contributed by atoms with Crippen molar-refractivity contribution in [2.75, 3.05) is 17.6 Å². The van der Waals surface area contributed by atoms with Gasteiger partial charge in [-0.15, -0.1) is 0 Å². The fourth-order valence-electron chi connectivity index (χ4n) is 4.72. The van der Waals surface area contributed by atoms with Crippen LogP contribution in [0.15, 0.2) is 63.9 Å². The summed E-state index contributed by atoms with van der Waals surface area (Å²) in [5, 5.41) is 13.9. The molecular weight excluding hydrogens is 585 g/mol. The van der Waals surface area contributed by atoms with Crippen LogP contribution in [0.4, 0.5) is 5.69 Å². The van der Waals surface area contributed by atoms with Gasteiger partial charge in [0.05, 0.1) is 15.5 Å². The molecule has 0 aliphatic carbocycles. The molecule has 2 heterocycles. The summed E-state index contributed by atoms with van der Waals surface area (Å²) in [6, 6.07) is 13.0. The molecule has 0 bridgehead atoms. The Morgan fingerprint density at radius 2 is 1.82 bits per heavy atom. The van der Waals surface area contributed by atoms with Gasteiger partial charge in [0.15, 0.2) is 0 Å². The molecule has 0 radical (unpaired) electrons. The number of hydrogen-bond donors (Lipinski definition) is 3. The van der Waals surface area contributed by atoms with E-state index in [1.807, 2.05) is 0 Å². The summed E-state index contributed by atoms with van der Waals surface area (Å²) < 4.78 is 33.8. The van der Waals surface area contributed by atoms with E-state index < -0.39 is 32.6 Å². The van der Waals surface area contributed by atoms with E-state index in [4.69, 9.17) is 27.6 Å². The number of hydrogen-bond acceptors (Lipinski definition) is 7. The minimum atomic E-state index is -4.11. The SMILES string of the molecule is CC1(C)SCCN(S(=O)(=O)c2ccc3oc4cc(NC(=O)c5ccc(Cl)cc5Cl)ccc4c3c2)[C@H]1C(=O)NO. The molecule has 3 N–H and O–H groups in total. The van der Waals surface area contributed by atoms with Crippen LogP contribution in [-0.4, -0.2) is 52.8 Å². The van der Waals surface area contributed by atoms with Gasteiger partial charge in [0.25, 0.3) is 11.8 Å². The van der Waals surface area contributed by atoms with Crippen molar-refractivity contribution in [2.24, 2.45) is 0 Å². The van der Waals surface area contributed by atoms with Crippen molar-refractivity contribution >= 4 is 84.4 Å². The van der Waals surface area contributed by atoms with Gasteiger partial charge in [0.1, 0.15) is 17.2 Å². The number of thioether (sulfide) groups is 1. The number of carbonyl (C=O) groups excluding carboxylic acids is 2. The van der Waals surface area contributed by atoms with Crippen LogP contribution in [0, 0.1) is 0 Å². The highest BCUT2D eigenvalue weighted by Crippen LogP contribution is 2.39. The van der Waals surface area contributed by atoms with E-state index in [1.165, 1.54) is 36.0 Å². The van der Waals surface area contributed by atoms with Gasteiger partial charge in [-0.25, -0.2) is 13.9 Å². The van der Waals surface area contributed by atoms with Crippen LogP contribution < -0.4 is 10.8 Å². The lowest BCUT2D eigenvalue weighted by molar-refractivity contribution is -0.134. The number of carbonyl (C=O) groups is 2. The molecule has 1 aromatic heterocycles. The Bertz CT molecular complexity index is 1740. The Morgan fingerprint density at radius 1 is 1.05 bits per heavy atom. The van der Waals surface area contributed by atoms with E-state index in [1.54, 1.807) is 49.7 Å². The second kappa shape index (κ2) is 10.3. The molecule has 1 fully saturated rings. The Hall–Kier alpha value is -2.80. The third-order valence-electron chi connectivity index (χ3n) is 6.57. The molecule has 1 atom stereocenters. The Labute approximate surface area is 238 Å². The van der Waals surface area contributed by atoms with Crippen LogP contribution in [0.2, 0.25) is 10.0 Å². The number of fused-ring (bicyclic) bond motifs is 3. The third kappa shape index (κ3) is 5.10. The van der Waals surface area contributed by atoms with Crippen molar-refractivity contribution in [2.45, 2.75) is 29.5 Å². The molecule has 9 nitrogen and oxygen atoms in total. The van der Waals surface area contributed by atoms with Crippen LogP contribution in [-0.2, 0) is 14.8 Å². The summed E-state index contributed by atoms with van der Waals surface area (Å²) in [7, 11) is -4.11. The number of sulfonamides is 1. The summed E-state index contributed by atoms with van der Waals surface area (Å²) in [6.07, 6.45) is 0. The van der Waals surface area contributed by atoms with Gasteiger partial charge in [-0.05, 0) is 62.4 Å². The van der Waals surface area contributed by atoms with Gasteiger partial charge in [0, 0.05) is 44.6 Å².